The number of methoxy groups -OCH3 is 2. The van der Waals surface area contributed by atoms with E-state index >= 15 is 0 Å². The number of carbonyl (C=O) groups is 1. The molecule has 1 aliphatic heterocycles. The van der Waals surface area contributed by atoms with Crippen LogP contribution in [0.15, 0.2) is 46.0 Å². The van der Waals surface area contributed by atoms with Crippen LogP contribution in [-0.2, 0) is 9.53 Å². The molecular formula is C18H16BrN3O6. The van der Waals surface area contributed by atoms with Crippen molar-refractivity contribution >= 4 is 33.4 Å². The number of hydrazone groups is 1. The molecule has 2 aromatic rings. The molecule has 0 saturated heterocycles. The minimum atomic E-state index is -0.861. The van der Waals surface area contributed by atoms with Crippen LogP contribution in [0, 0.1) is 10.1 Å². The van der Waals surface area contributed by atoms with Gasteiger partial charge in [0.15, 0.2) is 0 Å². The van der Waals surface area contributed by atoms with Crippen molar-refractivity contribution in [2.75, 3.05) is 14.2 Å². The summed E-state index contributed by atoms with van der Waals surface area (Å²) in [6, 6.07) is 9.11. The van der Waals surface area contributed by atoms with Crippen molar-refractivity contribution in [2.45, 2.75) is 13.2 Å². The van der Waals surface area contributed by atoms with Crippen LogP contribution in [-0.4, -0.2) is 36.0 Å². The lowest BCUT2D eigenvalue weighted by Crippen LogP contribution is -2.25. The maximum absolute atomic E-state index is 12.1. The fourth-order valence-electron chi connectivity index (χ4n) is 2.69. The average molecular weight is 450 g/mol. The number of nitro benzene ring substituents is 1. The zero-order chi connectivity index (χ0) is 20.4. The van der Waals surface area contributed by atoms with Crippen LogP contribution >= 0.6 is 15.9 Å². The lowest BCUT2D eigenvalue weighted by Gasteiger charge is -2.22. The average Bonchev–Trinajstić information content (AvgIpc) is 3.13. The van der Waals surface area contributed by atoms with Crippen molar-refractivity contribution in [3.8, 4) is 11.5 Å². The lowest BCUT2D eigenvalue weighted by atomic mass is 10.1. The van der Waals surface area contributed by atoms with Gasteiger partial charge < -0.3 is 14.2 Å². The second kappa shape index (κ2) is 7.85. The Bertz CT molecular complexity index is 961. The van der Waals surface area contributed by atoms with E-state index in [1.165, 1.54) is 50.4 Å². The van der Waals surface area contributed by atoms with E-state index in [2.05, 4.69) is 21.0 Å². The van der Waals surface area contributed by atoms with Crippen LogP contribution in [0.1, 0.15) is 24.3 Å². The predicted octanol–water partition coefficient (Wildman–Crippen LogP) is 3.61. The van der Waals surface area contributed by atoms with Crippen LogP contribution in [0.25, 0.3) is 0 Å². The molecule has 0 N–H and O–H groups in total. The third-order valence-electron chi connectivity index (χ3n) is 4.06. The zero-order valence-electron chi connectivity index (χ0n) is 15.2. The number of nitro groups is 1. The highest BCUT2D eigenvalue weighted by Crippen LogP contribution is 2.40. The number of carbonyl (C=O) groups excluding carboxylic acids is 1. The molecule has 0 aliphatic carbocycles. The smallest absolute Gasteiger partial charge is 0.269 e. The fraction of sp³-hybridized carbons (Fsp3) is 0.222. The molecule has 0 fully saturated rings. The summed E-state index contributed by atoms with van der Waals surface area (Å²) in [6.45, 7) is 1.36. The molecule has 3 rings (SSSR count). The largest absolute Gasteiger partial charge is 0.496 e. The van der Waals surface area contributed by atoms with Gasteiger partial charge in [-0.1, -0.05) is 0 Å². The number of benzene rings is 2. The second-order valence-electron chi connectivity index (χ2n) is 5.77. The van der Waals surface area contributed by atoms with Gasteiger partial charge in [0.25, 0.3) is 5.69 Å². The summed E-state index contributed by atoms with van der Waals surface area (Å²) >= 11 is 3.42. The maximum Gasteiger partial charge on any atom is 0.269 e. The Hall–Kier alpha value is -3.14. The minimum absolute atomic E-state index is 0.0527. The quantitative estimate of drug-likeness (QED) is 0.509. The maximum atomic E-state index is 12.1. The van der Waals surface area contributed by atoms with Gasteiger partial charge >= 0.3 is 0 Å². The van der Waals surface area contributed by atoms with Crippen LogP contribution in [0.3, 0.4) is 0 Å². The van der Waals surface area contributed by atoms with Crippen molar-refractivity contribution in [3.05, 3.63) is 62.1 Å². The van der Waals surface area contributed by atoms with Gasteiger partial charge in [0.1, 0.15) is 11.5 Å². The van der Waals surface area contributed by atoms with Crippen molar-refractivity contribution in [1.82, 2.24) is 5.01 Å². The van der Waals surface area contributed by atoms with E-state index in [0.717, 1.165) is 0 Å². The van der Waals surface area contributed by atoms with E-state index in [0.29, 0.717) is 27.1 Å². The van der Waals surface area contributed by atoms with Gasteiger partial charge in [0, 0.05) is 30.7 Å². The van der Waals surface area contributed by atoms with Crippen molar-refractivity contribution < 1.29 is 23.9 Å². The molecule has 0 spiro atoms. The monoisotopic (exact) mass is 449 g/mol. The first kappa shape index (κ1) is 19.6. The summed E-state index contributed by atoms with van der Waals surface area (Å²) in [5.74, 6) is 0.848. The van der Waals surface area contributed by atoms with Crippen LogP contribution in [0.5, 0.6) is 11.5 Å². The van der Waals surface area contributed by atoms with Gasteiger partial charge in [-0.15, -0.1) is 5.10 Å². The number of ether oxygens (including phenoxy) is 3. The van der Waals surface area contributed by atoms with Gasteiger partial charge in [-0.05, 0) is 34.1 Å². The Balaban J connectivity index is 1.99. The van der Waals surface area contributed by atoms with Crippen molar-refractivity contribution in [2.24, 2.45) is 5.10 Å². The lowest BCUT2D eigenvalue weighted by molar-refractivity contribution is -0.384. The summed E-state index contributed by atoms with van der Waals surface area (Å²) < 4.78 is 17.3. The third-order valence-corrected chi connectivity index (χ3v) is 4.68. The van der Waals surface area contributed by atoms with E-state index in [4.69, 9.17) is 14.2 Å². The predicted molar refractivity (Wildman–Crippen MR) is 103 cm³/mol. The topological polar surface area (TPSA) is 104 Å². The molecule has 9 nitrogen and oxygen atoms in total. The molecule has 0 radical (unpaired) electrons. The van der Waals surface area contributed by atoms with Gasteiger partial charge in [0.05, 0.1) is 29.2 Å². The Morgan fingerprint density at radius 1 is 1.21 bits per heavy atom. The summed E-state index contributed by atoms with van der Waals surface area (Å²) in [7, 11) is 3.03. The molecule has 2 aromatic carbocycles. The third kappa shape index (κ3) is 3.63. The van der Waals surface area contributed by atoms with Crippen LogP contribution in [0.4, 0.5) is 5.69 Å². The Morgan fingerprint density at radius 2 is 1.86 bits per heavy atom. The van der Waals surface area contributed by atoms with Gasteiger partial charge in [-0.2, -0.15) is 5.01 Å². The summed E-state index contributed by atoms with van der Waals surface area (Å²) in [4.78, 5) is 22.5. The normalized spacial score (nSPS) is 15.6. The number of non-ortho nitro benzene ring substituents is 1. The van der Waals surface area contributed by atoms with E-state index in [9.17, 15) is 14.9 Å². The van der Waals surface area contributed by atoms with Crippen molar-refractivity contribution in [3.63, 3.8) is 0 Å². The minimum Gasteiger partial charge on any atom is -0.496 e. The van der Waals surface area contributed by atoms with Gasteiger partial charge in [-0.3, -0.25) is 14.9 Å². The Morgan fingerprint density at radius 3 is 2.39 bits per heavy atom. The van der Waals surface area contributed by atoms with E-state index < -0.39 is 11.2 Å². The molecule has 0 bridgehead atoms. The number of hydrogen-bond donors (Lipinski definition) is 0. The number of hydrogen-bond acceptors (Lipinski definition) is 7. The molecule has 1 amide bonds. The molecule has 1 aliphatic rings. The highest BCUT2D eigenvalue weighted by Gasteiger charge is 2.35. The number of amides is 1. The SMILES string of the molecule is COc1cc(OC)c([C@@H]2OC(c3ccc([N+](=O)[O-])cc3)=NN2C(C)=O)cc1Br. The molecule has 1 atom stereocenters. The fourth-order valence-corrected chi connectivity index (χ4v) is 3.21. The standard InChI is InChI=1S/C18H16BrN3O6/c1-10(23)21-18(13-8-14(19)16(27-3)9-15(13)26-2)28-17(20-21)11-4-6-12(7-5-11)22(24)25/h4-9,18H,1-3H3/t18-/m0/s1. The van der Waals surface area contributed by atoms with Crippen LogP contribution < -0.4 is 9.47 Å². The number of halogens is 1. The second-order valence-corrected chi connectivity index (χ2v) is 6.63. The van der Waals surface area contributed by atoms with Crippen molar-refractivity contribution in [1.29, 1.82) is 0 Å². The zero-order valence-corrected chi connectivity index (χ0v) is 16.8. The molecule has 1 heterocycles. The molecule has 0 aromatic heterocycles. The molecule has 0 saturated carbocycles. The van der Waals surface area contributed by atoms with E-state index in [1.807, 2.05) is 0 Å². The summed E-state index contributed by atoms with van der Waals surface area (Å²) in [5, 5.41) is 16.3. The van der Waals surface area contributed by atoms with Crippen LogP contribution in [0.2, 0.25) is 0 Å². The number of nitrogens with zero attached hydrogens (tertiary/aromatic N) is 3. The molecular weight excluding hydrogens is 434 g/mol. The number of rotatable bonds is 5. The highest BCUT2D eigenvalue weighted by molar-refractivity contribution is 9.10. The van der Waals surface area contributed by atoms with Gasteiger partial charge in [0.2, 0.25) is 18.0 Å². The molecule has 28 heavy (non-hydrogen) atoms. The van der Waals surface area contributed by atoms with Gasteiger partial charge in [-0.25, -0.2) is 0 Å². The Labute approximate surface area is 168 Å². The Kier molecular flexibility index (Phi) is 5.50. The summed E-state index contributed by atoms with van der Waals surface area (Å²) in [6.07, 6.45) is -0.861. The van der Waals surface area contributed by atoms with E-state index in [-0.39, 0.29) is 17.5 Å². The first-order valence-corrected chi connectivity index (χ1v) is 8.86. The highest BCUT2D eigenvalue weighted by atomic mass is 79.9. The molecule has 0 unspecified atom stereocenters. The summed E-state index contributed by atoms with van der Waals surface area (Å²) in [5.41, 5.74) is 1.01. The first-order chi connectivity index (χ1) is 13.3. The molecule has 146 valence electrons. The first-order valence-electron chi connectivity index (χ1n) is 8.07. The van der Waals surface area contributed by atoms with E-state index in [1.54, 1.807) is 12.1 Å². The molecule has 10 heteroatoms.